The quantitative estimate of drug-likeness (QED) is 0.805. The van der Waals surface area contributed by atoms with Gasteiger partial charge < -0.3 is 5.32 Å². The van der Waals surface area contributed by atoms with Crippen LogP contribution in [-0.4, -0.2) is 31.0 Å². The highest BCUT2D eigenvalue weighted by Gasteiger charge is 2.21. The molecule has 0 spiro atoms. The number of likely N-dealkylation sites (N-methyl/N-ethyl adjacent to an activating group) is 1. The summed E-state index contributed by atoms with van der Waals surface area (Å²) in [5.74, 6) is 1.55. The molecule has 0 saturated heterocycles. The van der Waals surface area contributed by atoms with Crippen LogP contribution in [0.5, 0.6) is 0 Å². The van der Waals surface area contributed by atoms with Crippen LogP contribution in [0.3, 0.4) is 0 Å². The fraction of sp³-hybridized carbons (Fsp3) is 0.500. The molecule has 4 nitrogen and oxygen atoms in total. The summed E-state index contributed by atoms with van der Waals surface area (Å²) >= 11 is 0. The Balaban J connectivity index is 1.79. The van der Waals surface area contributed by atoms with Crippen LogP contribution in [0.1, 0.15) is 12.8 Å². The Morgan fingerprint density at radius 3 is 3.00 bits per heavy atom. The molecular formula is C12H17N3O. The van der Waals surface area contributed by atoms with E-state index in [4.69, 9.17) is 0 Å². The molecule has 1 saturated carbocycles. The molecule has 1 aromatic rings. The van der Waals surface area contributed by atoms with Gasteiger partial charge in [0, 0.05) is 13.2 Å². The molecule has 0 unspecified atom stereocenters. The van der Waals surface area contributed by atoms with Gasteiger partial charge in [0.15, 0.2) is 0 Å². The lowest BCUT2D eigenvalue weighted by molar-refractivity contribution is -0.117. The Morgan fingerprint density at radius 1 is 1.56 bits per heavy atom. The van der Waals surface area contributed by atoms with Crippen molar-refractivity contribution in [3.05, 3.63) is 24.4 Å². The minimum atomic E-state index is 0.0550. The van der Waals surface area contributed by atoms with E-state index in [1.807, 2.05) is 18.2 Å². The van der Waals surface area contributed by atoms with Gasteiger partial charge in [-0.05, 0) is 37.4 Å². The number of amides is 1. The Hall–Kier alpha value is -1.42. The van der Waals surface area contributed by atoms with E-state index in [-0.39, 0.29) is 5.91 Å². The zero-order chi connectivity index (χ0) is 11.4. The normalized spacial score (nSPS) is 14.8. The number of carbonyl (C=O) groups excluding carboxylic acids is 1. The maximum atomic E-state index is 11.8. The largest absolute Gasteiger partial charge is 0.308 e. The molecule has 16 heavy (non-hydrogen) atoms. The molecule has 0 atom stereocenters. The zero-order valence-corrected chi connectivity index (χ0v) is 9.52. The second-order valence-corrected chi connectivity index (χ2v) is 4.21. The molecule has 1 N–H and O–H groups in total. The first-order valence-electron chi connectivity index (χ1n) is 5.65. The minimum Gasteiger partial charge on any atom is -0.308 e. The van der Waals surface area contributed by atoms with Crippen LogP contribution >= 0.6 is 0 Å². The molecular weight excluding hydrogens is 202 g/mol. The van der Waals surface area contributed by atoms with Crippen LogP contribution in [0.15, 0.2) is 24.4 Å². The number of nitrogens with one attached hydrogen (secondary N) is 1. The second-order valence-electron chi connectivity index (χ2n) is 4.21. The average Bonchev–Trinajstić information content (AvgIpc) is 3.13. The molecule has 0 aromatic carbocycles. The van der Waals surface area contributed by atoms with Crippen molar-refractivity contribution in [3.8, 4) is 0 Å². The van der Waals surface area contributed by atoms with E-state index in [1.165, 1.54) is 12.8 Å². The maximum Gasteiger partial charge on any atom is 0.241 e. The summed E-state index contributed by atoms with van der Waals surface area (Å²) in [4.78, 5) is 17.5. The molecule has 86 valence electrons. The summed E-state index contributed by atoms with van der Waals surface area (Å²) in [5.41, 5.74) is 0. The molecule has 0 aliphatic heterocycles. The van der Waals surface area contributed by atoms with Crippen molar-refractivity contribution in [1.82, 2.24) is 10.3 Å². The van der Waals surface area contributed by atoms with Gasteiger partial charge in [0.05, 0.1) is 6.54 Å². The van der Waals surface area contributed by atoms with Gasteiger partial charge in [0.25, 0.3) is 0 Å². The average molecular weight is 219 g/mol. The topological polar surface area (TPSA) is 45.2 Å². The number of hydrogen-bond donors (Lipinski definition) is 1. The lowest BCUT2D eigenvalue weighted by Gasteiger charge is -2.16. The minimum absolute atomic E-state index is 0.0550. The van der Waals surface area contributed by atoms with Crippen LogP contribution in [0.2, 0.25) is 0 Å². The summed E-state index contributed by atoms with van der Waals surface area (Å²) in [6, 6.07) is 5.55. The van der Waals surface area contributed by atoms with Crippen LogP contribution < -0.4 is 10.2 Å². The highest BCUT2D eigenvalue weighted by Crippen LogP contribution is 2.27. The van der Waals surface area contributed by atoms with E-state index in [1.54, 1.807) is 18.1 Å². The van der Waals surface area contributed by atoms with Crippen molar-refractivity contribution in [2.75, 3.05) is 25.0 Å². The van der Waals surface area contributed by atoms with E-state index in [0.717, 1.165) is 12.5 Å². The van der Waals surface area contributed by atoms with Crippen molar-refractivity contribution >= 4 is 11.7 Å². The number of pyridine rings is 1. The number of nitrogens with zero attached hydrogens (tertiary/aromatic N) is 2. The molecule has 1 amide bonds. The smallest absolute Gasteiger partial charge is 0.241 e. The molecule has 0 bridgehead atoms. The van der Waals surface area contributed by atoms with Crippen LogP contribution in [-0.2, 0) is 4.79 Å². The Kier molecular flexibility index (Phi) is 3.51. The van der Waals surface area contributed by atoms with Gasteiger partial charge in [-0.1, -0.05) is 6.07 Å². The van der Waals surface area contributed by atoms with Crippen LogP contribution in [0.4, 0.5) is 5.82 Å². The zero-order valence-electron chi connectivity index (χ0n) is 9.52. The number of anilines is 1. The molecule has 1 fully saturated rings. The predicted molar refractivity (Wildman–Crippen MR) is 63.2 cm³/mol. The van der Waals surface area contributed by atoms with Gasteiger partial charge in [0.1, 0.15) is 5.82 Å². The lowest BCUT2D eigenvalue weighted by Crippen LogP contribution is -2.36. The van der Waals surface area contributed by atoms with Gasteiger partial charge >= 0.3 is 0 Å². The van der Waals surface area contributed by atoms with Gasteiger partial charge in [-0.15, -0.1) is 0 Å². The number of hydrogen-bond acceptors (Lipinski definition) is 3. The fourth-order valence-electron chi connectivity index (χ4n) is 1.50. The van der Waals surface area contributed by atoms with Crippen molar-refractivity contribution in [2.45, 2.75) is 12.8 Å². The Labute approximate surface area is 95.7 Å². The predicted octanol–water partition coefficient (Wildman–Crippen LogP) is 1.04. The van der Waals surface area contributed by atoms with Crippen molar-refractivity contribution < 1.29 is 4.79 Å². The van der Waals surface area contributed by atoms with E-state index in [2.05, 4.69) is 10.3 Å². The first-order chi connectivity index (χ1) is 7.77. The molecule has 1 aliphatic rings. The SMILES string of the molecule is CN(C(=O)CNCC1CC1)c1ccccn1. The molecule has 4 heteroatoms. The maximum absolute atomic E-state index is 11.8. The summed E-state index contributed by atoms with van der Waals surface area (Å²) in [6.45, 7) is 1.35. The number of carbonyl (C=O) groups is 1. The number of aromatic nitrogens is 1. The Morgan fingerprint density at radius 2 is 2.38 bits per heavy atom. The molecule has 0 radical (unpaired) electrons. The summed E-state index contributed by atoms with van der Waals surface area (Å²) in [5, 5.41) is 3.18. The van der Waals surface area contributed by atoms with E-state index >= 15 is 0 Å². The molecule has 1 heterocycles. The van der Waals surface area contributed by atoms with Crippen molar-refractivity contribution in [2.24, 2.45) is 5.92 Å². The molecule has 1 aliphatic carbocycles. The standard InChI is InChI=1S/C12H17N3O/c1-15(11-4-2-3-7-14-11)12(16)9-13-8-10-5-6-10/h2-4,7,10,13H,5-6,8-9H2,1H3. The van der Waals surface area contributed by atoms with Gasteiger partial charge in [-0.2, -0.15) is 0 Å². The highest BCUT2D eigenvalue weighted by molar-refractivity contribution is 5.93. The van der Waals surface area contributed by atoms with E-state index in [9.17, 15) is 4.79 Å². The van der Waals surface area contributed by atoms with Crippen LogP contribution in [0.25, 0.3) is 0 Å². The number of rotatable bonds is 5. The van der Waals surface area contributed by atoms with Gasteiger partial charge in [-0.3, -0.25) is 9.69 Å². The third kappa shape index (κ3) is 3.03. The lowest BCUT2D eigenvalue weighted by atomic mass is 10.4. The fourth-order valence-corrected chi connectivity index (χ4v) is 1.50. The second kappa shape index (κ2) is 5.07. The van der Waals surface area contributed by atoms with Crippen molar-refractivity contribution in [1.29, 1.82) is 0 Å². The van der Waals surface area contributed by atoms with Crippen LogP contribution in [0, 0.1) is 5.92 Å². The highest BCUT2D eigenvalue weighted by atomic mass is 16.2. The van der Waals surface area contributed by atoms with E-state index < -0.39 is 0 Å². The molecule has 1 aromatic heterocycles. The summed E-state index contributed by atoms with van der Waals surface area (Å²) in [7, 11) is 1.75. The third-order valence-corrected chi connectivity index (χ3v) is 2.77. The third-order valence-electron chi connectivity index (χ3n) is 2.77. The summed E-state index contributed by atoms with van der Waals surface area (Å²) < 4.78 is 0. The molecule has 2 rings (SSSR count). The summed E-state index contributed by atoms with van der Waals surface area (Å²) in [6.07, 6.45) is 4.30. The first kappa shape index (κ1) is 11.1. The van der Waals surface area contributed by atoms with E-state index in [0.29, 0.717) is 12.4 Å². The Bertz CT molecular complexity index is 349. The van der Waals surface area contributed by atoms with Crippen molar-refractivity contribution in [3.63, 3.8) is 0 Å². The monoisotopic (exact) mass is 219 g/mol. The van der Waals surface area contributed by atoms with Gasteiger partial charge in [-0.25, -0.2) is 4.98 Å². The van der Waals surface area contributed by atoms with Gasteiger partial charge in [0.2, 0.25) is 5.91 Å². The first-order valence-corrected chi connectivity index (χ1v) is 5.65.